The van der Waals surface area contributed by atoms with Gasteiger partial charge in [0.1, 0.15) is 4.60 Å². The number of rotatable bonds is 3. The van der Waals surface area contributed by atoms with E-state index in [0.717, 1.165) is 0 Å². The van der Waals surface area contributed by atoms with Crippen LogP contribution in [0.3, 0.4) is 0 Å². The number of carbonyl (C=O) groups excluding carboxylic acids is 1. The molecule has 0 atom stereocenters. The van der Waals surface area contributed by atoms with Crippen molar-refractivity contribution in [3.8, 4) is 5.88 Å². The summed E-state index contributed by atoms with van der Waals surface area (Å²) in [5.41, 5.74) is 0.284. The van der Waals surface area contributed by atoms with Crippen LogP contribution in [0.2, 0.25) is 0 Å². The van der Waals surface area contributed by atoms with E-state index >= 15 is 0 Å². The Balaban J connectivity index is 3.10. The second-order valence-corrected chi connectivity index (χ2v) is 3.35. The van der Waals surface area contributed by atoms with Crippen LogP contribution in [0, 0.1) is 0 Å². The van der Waals surface area contributed by atoms with Gasteiger partial charge in [0.15, 0.2) is 0 Å². The lowest BCUT2D eigenvalue weighted by Crippen LogP contribution is -2.01. The Morgan fingerprint density at radius 3 is 2.92 bits per heavy atom. The molecule has 1 heterocycles. The van der Waals surface area contributed by atoms with Crippen LogP contribution in [0.15, 0.2) is 16.7 Å². The van der Waals surface area contributed by atoms with Gasteiger partial charge in [0.2, 0.25) is 5.88 Å². The third kappa shape index (κ3) is 2.67. The van der Waals surface area contributed by atoms with Crippen LogP contribution in [-0.4, -0.2) is 16.8 Å². The molecule has 13 heavy (non-hydrogen) atoms. The Kier molecular flexibility index (Phi) is 3.69. The zero-order valence-electron chi connectivity index (χ0n) is 6.88. The summed E-state index contributed by atoms with van der Waals surface area (Å²) in [7, 11) is 0. The van der Waals surface area contributed by atoms with Crippen molar-refractivity contribution in [2.24, 2.45) is 0 Å². The van der Waals surface area contributed by atoms with Gasteiger partial charge < -0.3 is 4.74 Å². The van der Waals surface area contributed by atoms with Crippen LogP contribution in [-0.2, 0) is 0 Å². The highest BCUT2D eigenvalue weighted by Gasteiger charge is 2.11. The van der Waals surface area contributed by atoms with Crippen LogP contribution in [0.4, 0.5) is 0 Å². The summed E-state index contributed by atoms with van der Waals surface area (Å²) in [6, 6.07) is 3.20. The largest absolute Gasteiger partial charge is 0.477 e. The van der Waals surface area contributed by atoms with E-state index in [4.69, 9.17) is 16.3 Å². The van der Waals surface area contributed by atoms with E-state index in [0.29, 0.717) is 11.2 Å². The van der Waals surface area contributed by atoms with Gasteiger partial charge >= 0.3 is 0 Å². The second-order valence-electron chi connectivity index (χ2n) is 2.19. The Morgan fingerprint density at radius 2 is 2.38 bits per heavy atom. The number of hydrogen-bond acceptors (Lipinski definition) is 3. The number of ether oxygens (including phenoxy) is 1. The molecule has 0 aliphatic carbocycles. The highest BCUT2D eigenvalue weighted by Crippen LogP contribution is 2.20. The number of hydrogen-bond donors (Lipinski definition) is 0. The van der Waals surface area contributed by atoms with E-state index in [1.54, 1.807) is 12.1 Å². The number of nitrogens with zero attached hydrogens (tertiary/aromatic N) is 1. The Bertz CT molecular complexity index is 330. The van der Waals surface area contributed by atoms with Gasteiger partial charge in [-0.2, -0.15) is 0 Å². The molecule has 0 unspecified atom stereocenters. The zero-order chi connectivity index (χ0) is 9.84. The molecule has 3 nitrogen and oxygen atoms in total. The molecule has 0 amide bonds. The molecule has 5 heteroatoms. The summed E-state index contributed by atoms with van der Waals surface area (Å²) in [5.74, 6) is 0.261. The van der Waals surface area contributed by atoms with Crippen molar-refractivity contribution in [1.82, 2.24) is 4.98 Å². The van der Waals surface area contributed by atoms with Gasteiger partial charge in [0.05, 0.1) is 12.2 Å². The predicted octanol–water partition coefficient (Wildman–Crippen LogP) is 2.62. The van der Waals surface area contributed by atoms with Crippen LogP contribution in [0.25, 0.3) is 0 Å². The smallest absolute Gasteiger partial charge is 0.257 e. The van der Waals surface area contributed by atoms with E-state index in [1.165, 1.54) is 0 Å². The molecule has 0 radical (unpaired) electrons. The van der Waals surface area contributed by atoms with E-state index < -0.39 is 5.24 Å². The van der Waals surface area contributed by atoms with Crippen molar-refractivity contribution in [2.45, 2.75) is 6.92 Å². The number of halogens is 2. The van der Waals surface area contributed by atoms with Gasteiger partial charge in [-0.3, -0.25) is 4.79 Å². The SMILES string of the molecule is CCOc1nc(Br)ccc1C(=O)Cl. The van der Waals surface area contributed by atoms with Gasteiger partial charge in [-0.05, 0) is 46.6 Å². The minimum atomic E-state index is -0.566. The standard InChI is InChI=1S/C8H7BrClNO2/c1-2-13-8-5(7(10)12)3-4-6(9)11-8/h3-4H,2H2,1H3. The lowest BCUT2D eigenvalue weighted by atomic mass is 10.3. The average molecular weight is 265 g/mol. The first-order valence-corrected chi connectivity index (χ1v) is 4.81. The quantitative estimate of drug-likeness (QED) is 0.622. The van der Waals surface area contributed by atoms with E-state index in [1.807, 2.05) is 6.92 Å². The summed E-state index contributed by atoms with van der Waals surface area (Å²) in [6.07, 6.45) is 0. The third-order valence-corrected chi connectivity index (χ3v) is 1.96. The Morgan fingerprint density at radius 1 is 1.69 bits per heavy atom. The lowest BCUT2D eigenvalue weighted by molar-refractivity contribution is 0.107. The molecule has 0 aliphatic rings. The molecule has 0 aliphatic heterocycles. The molecule has 0 saturated carbocycles. The normalized spacial score (nSPS) is 9.77. The van der Waals surface area contributed by atoms with Crippen LogP contribution < -0.4 is 4.74 Å². The van der Waals surface area contributed by atoms with Gasteiger partial charge in [0.25, 0.3) is 5.24 Å². The predicted molar refractivity (Wildman–Crippen MR) is 53.3 cm³/mol. The first-order valence-electron chi connectivity index (χ1n) is 3.64. The molecular formula is C8H7BrClNO2. The van der Waals surface area contributed by atoms with Gasteiger partial charge in [-0.15, -0.1) is 0 Å². The molecule has 0 bridgehead atoms. The van der Waals surface area contributed by atoms with Crippen molar-refractivity contribution >= 4 is 32.8 Å². The monoisotopic (exact) mass is 263 g/mol. The van der Waals surface area contributed by atoms with Crippen molar-refractivity contribution in [3.05, 3.63) is 22.3 Å². The van der Waals surface area contributed by atoms with Crippen molar-refractivity contribution < 1.29 is 9.53 Å². The molecule has 1 aromatic heterocycles. The van der Waals surface area contributed by atoms with E-state index in [-0.39, 0.29) is 11.4 Å². The molecule has 1 aromatic rings. The fraction of sp³-hybridized carbons (Fsp3) is 0.250. The fourth-order valence-corrected chi connectivity index (χ4v) is 1.25. The van der Waals surface area contributed by atoms with Gasteiger partial charge in [0, 0.05) is 0 Å². The summed E-state index contributed by atoms with van der Waals surface area (Å²) >= 11 is 8.49. The number of carbonyl (C=O) groups is 1. The maximum absolute atomic E-state index is 10.9. The van der Waals surface area contributed by atoms with Crippen LogP contribution in [0.1, 0.15) is 17.3 Å². The Labute approximate surface area is 89.2 Å². The van der Waals surface area contributed by atoms with E-state index in [9.17, 15) is 4.79 Å². The molecule has 0 spiro atoms. The first kappa shape index (κ1) is 10.5. The summed E-state index contributed by atoms with van der Waals surface area (Å²) < 4.78 is 5.74. The maximum atomic E-state index is 10.9. The molecular weight excluding hydrogens is 257 g/mol. The van der Waals surface area contributed by atoms with Crippen LogP contribution in [0.5, 0.6) is 5.88 Å². The van der Waals surface area contributed by atoms with Crippen LogP contribution >= 0.6 is 27.5 Å². The Hall–Kier alpha value is -0.610. The maximum Gasteiger partial charge on any atom is 0.257 e. The zero-order valence-corrected chi connectivity index (χ0v) is 9.22. The highest BCUT2D eigenvalue weighted by atomic mass is 79.9. The summed E-state index contributed by atoms with van der Waals surface area (Å²) in [6.45, 7) is 2.26. The summed E-state index contributed by atoms with van der Waals surface area (Å²) in [4.78, 5) is 14.9. The van der Waals surface area contributed by atoms with Crippen molar-refractivity contribution in [3.63, 3.8) is 0 Å². The molecule has 0 N–H and O–H groups in total. The highest BCUT2D eigenvalue weighted by molar-refractivity contribution is 9.10. The topological polar surface area (TPSA) is 39.2 Å². The molecule has 0 aromatic carbocycles. The minimum Gasteiger partial charge on any atom is -0.477 e. The number of aromatic nitrogens is 1. The van der Waals surface area contributed by atoms with Crippen molar-refractivity contribution in [2.75, 3.05) is 6.61 Å². The summed E-state index contributed by atoms with van der Waals surface area (Å²) in [5, 5.41) is -0.566. The van der Waals surface area contributed by atoms with Gasteiger partial charge in [-0.1, -0.05) is 0 Å². The average Bonchev–Trinajstić information content (AvgIpc) is 2.04. The second kappa shape index (κ2) is 4.58. The molecule has 0 fully saturated rings. The molecule has 0 saturated heterocycles. The van der Waals surface area contributed by atoms with E-state index in [2.05, 4.69) is 20.9 Å². The molecule has 70 valence electrons. The number of pyridine rings is 1. The third-order valence-electron chi connectivity index (χ3n) is 1.32. The lowest BCUT2D eigenvalue weighted by Gasteiger charge is -2.05. The minimum absolute atomic E-state index is 0.261. The fourth-order valence-electron chi connectivity index (χ4n) is 0.814. The molecule has 1 rings (SSSR count). The van der Waals surface area contributed by atoms with Gasteiger partial charge in [-0.25, -0.2) is 4.98 Å². The van der Waals surface area contributed by atoms with Crippen molar-refractivity contribution in [1.29, 1.82) is 0 Å². The first-order chi connectivity index (χ1) is 6.15.